The van der Waals surface area contributed by atoms with Crippen molar-refractivity contribution in [1.82, 2.24) is 0 Å². The number of hydrogen-bond acceptors (Lipinski definition) is 1. The van der Waals surface area contributed by atoms with E-state index in [2.05, 4.69) is 219 Å². The lowest BCUT2D eigenvalue weighted by atomic mass is 9.82. The van der Waals surface area contributed by atoms with Gasteiger partial charge in [-0.05, 0) is 86.0 Å². The highest BCUT2D eigenvalue weighted by molar-refractivity contribution is 5.95. The van der Waals surface area contributed by atoms with Gasteiger partial charge in [0.15, 0.2) is 0 Å². The van der Waals surface area contributed by atoms with E-state index < -0.39 is 0 Å². The van der Waals surface area contributed by atoms with Crippen LogP contribution in [0.1, 0.15) is 25.0 Å². The Kier molecular flexibility index (Phi) is 7.90. The summed E-state index contributed by atoms with van der Waals surface area (Å²) in [4.78, 5) is 2.48. The minimum Gasteiger partial charge on any atom is -0.309 e. The first-order valence-corrected chi connectivity index (χ1v) is 18.1. The molecule has 1 nitrogen and oxygen atoms in total. The van der Waals surface area contributed by atoms with Gasteiger partial charge in [0.2, 0.25) is 0 Å². The van der Waals surface area contributed by atoms with Crippen LogP contribution in [0.4, 0.5) is 17.1 Å². The minimum atomic E-state index is -0.121. The van der Waals surface area contributed by atoms with Crippen LogP contribution >= 0.6 is 0 Å². The molecule has 248 valence electrons. The Morgan fingerprint density at radius 3 is 1.44 bits per heavy atom. The molecule has 0 unspecified atom stereocenters. The maximum absolute atomic E-state index is 2.48. The molecule has 8 aromatic rings. The molecule has 0 fully saturated rings. The molecule has 8 aromatic carbocycles. The maximum atomic E-state index is 2.48. The number of benzene rings is 8. The van der Waals surface area contributed by atoms with Crippen LogP contribution in [-0.2, 0) is 5.41 Å². The predicted molar refractivity (Wildman–Crippen MR) is 220 cm³/mol. The molecule has 0 saturated heterocycles. The molecule has 9 rings (SSSR count). The van der Waals surface area contributed by atoms with Crippen molar-refractivity contribution in [2.45, 2.75) is 19.3 Å². The van der Waals surface area contributed by atoms with Gasteiger partial charge in [-0.2, -0.15) is 0 Å². The van der Waals surface area contributed by atoms with Gasteiger partial charge in [0.1, 0.15) is 0 Å². The van der Waals surface area contributed by atoms with Gasteiger partial charge in [0, 0.05) is 22.2 Å². The van der Waals surface area contributed by atoms with Gasteiger partial charge in [0.05, 0.1) is 11.4 Å². The summed E-state index contributed by atoms with van der Waals surface area (Å²) in [6, 6.07) is 72.8. The van der Waals surface area contributed by atoms with Crippen LogP contribution < -0.4 is 4.90 Å². The third kappa shape index (κ3) is 5.52. The van der Waals surface area contributed by atoms with Crippen molar-refractivity contribution in [3.05, 3.63) is 211 Å². The fourth-order valence-corrected chi connectivity index (χ4v) is 8.03. The van der Waals surface area contributed by atoms with E-state index in [4.69, 9.17) is 0 Å². The van der Waals surface area contributed by atoms with Crippen LogP contribution in [0.5, 0.6) is 0 Å². The van der Waals surface area contributed by atoms with E-state index >= 15 is 0 Å². The highest BCUT2D eigenvalue weighted by atomic mass is 15.1. The number of hydrogen-bond donors (Lipinski definition) is 0. The molecule has 0 saturated carbocycles. The lowest BCUT2D eigenvalue weighted by molar-refractivity contribution is 0.660. The fraction of sp³-hybridized carbons (Fsp3) is 0.0588. The molecule has 52 heavy (non-hydrogen) atoms. The van der Waals surface area contributed by atoms with Crippen molar-refractivity contribution in [3.63, 3.8) is 0 Å². The topological polar surface area (TPSA) is 3.24 Å². The summed E-state index contributed by atoms with van der Waals surface area (Å²) in [6.07, 6.45) is 0. The summed E-state index contributed by atoms with van der Waals surface area (Å²) in [5.41, 5.74) is 18.2. The summed E-state index contributed by atoms with van der Waals surface area (Å²) in [6.45, 7) is 4.72. The first kappa shape index (κ1) is 31.5. The van der Waals surface area contributed by atoms with E-state index in [1.165, 1.54) is 66.8 Å². The van der Waals surface area contributed by atoms with Crippen molar-refractivity contribution in [3.8, 4) is 55.6 Å². The van der Waals surface area contributed by atoms with E-state index in [1.807, 2.05) is 0 Å². The molecule has 0 radical (unpaired) electrons. The lowest BCUT2D eigenvalue weighted by Gasteiger charge is -2.31. The average molecular weight is 666 g/mol. The Balaban J connectivity index is 1.24. The molecule has 0 aromatic heterocycles. The van der Waals surface area contributed by atoms with Gasteiger partial charge < -0.3 is 4.90 Å². The second kappa shape index (κ2) is 13.0. The summed E-state index contributed by atoms with van der Waals surface area (Å²) >= 11 is 0. The van der Waals surface area contributed by atoms with E-state index in [1.54, 1.807) is 0 Å². The van der Waals surface area contributed by atoms with Crippen LogP contribution in [0.25, 0.3) is 55.6 Å². The largest absolute Gasteiger partial charge is 0.309 e. The highest BCUT2D eigenvalue weighted by Crippen LogP contribution is 2.52. The highest BCUT2D eigenvalue weighted by Gasteiger charge is 2.36. The zero-order valence-electron chi connectivity index (χ0n) is 29.5. The molecule has 0 heterocycles. The minimum absolute atomic E-state index is 0.121. The fourth-order valence-electron chi connectivity index (χ4n) is 8.03. The molecule has 0 amide bonds. The monoisotopic (exact) mass is 665 g/mol. The van der Waals surface area contributed by atoms with Gasteiger partial charge in [0.25, 0.3) is 0 Å². The first-order valence-electron chi connectivity index (χ1n) is 18.1. The predicted octanol–water partition coefficient (Wildman–Crippen LogP) is 14.1. The zero-order valence-corrected chi connectivity index (χ0v) is 29.5. The van der Waals surface area contributed by atoms with E-state index in [-0.39, 0.29) is 5.41 Å². The lowest BCUT2D eigenvalue weighted by Crippen LogP contribution is -2.17. The van der Waals surface area contributed by atoms with Crippen LogP contribution in [-0.4, -0.2) is 0 Å². The summed E-state index contributed by atoms with van der Waals surface area (Å²) in [5.74, 6) is 0. The number of rotatable bonds is 7. The molecular weight excluding hydrogens is 627 g/mol. The smallest absolute Gasteiger partial charge is 0.0540 e. The Labute approximate surface area is 307 Å². The van der Waals surface area contributed by atoms with Gasteiger partial charge in [-0.15, -0.1) is 0 Å². The molecule has 1 aliphatic carbocycles. The van der Waals surface area contributed by atoms with Crippen LogP contribution in [0.3, 0.4) is 0 Å². The Morgan fingerprint density at radius 1 is 0.308 bits per heavy atom. The van der Waals surface area contributed by atoms with Crippen molar-refractivity contribution >= 4 is 17.1 Å². The van der Waals surface area contributed by atoms with Crippen molar-refractivity contribution in [1.29, 1.82) is 0 Å². The van der Waals surface area contributed by atoms with E-state index in [9.17, 15) is 0 Å². The third-order valence-electron chi connectivity index (χ3n) is 10.7. The van der Waals surface area contributed by atoms with Crippen molar-refractivity contribution < 1.29 is 0 Å². The molecule has 1 heteroatoms. The number of para-hydroxylation sites is 2. The second-order valence-corrected chi connectivity index (χ2v) is 14.2. The number of anilines is 3. The van der Waals surface area contributed by atoms with E-state index in [0.717, 1.165) is 17.1 Å². The molecule has 1 aliphatic rings. The molecule has 0 aliphatic heterocycles. The first-order chi connectivity index (χ1) is 25.6. The Bertz CT molecular complexity index is 2530. The van der Waals surface area contributed by atoms with Gasteiger partial charge in [-0.1, -0.05) is 184 Å². The van der Waals surface area contributed by atoms with Crippen molar-refractivity contribution in [2.75, 3.05) is 4.90 Å². The van der Waals surface area contributed by atoms with Crippen LogP contribution in [0.2, 0.25) is 0 Å². The Morgan fingerprint density at radius 2 is 0.769 bits per heavy atom. The van der Waals surface area contributed by atoms with Crippen molar-refractivity contribution in [2.24, 2.45) is 0 Å². The molecule has 0 spiro atoms. The Hall–Kier alpha value is -6.44. The summed E-state index contributed by atoms with van der Waals surface area (Å²) < 4.78 is 0. The van der Waals surface area contributed by atoms with Crippen LogP contribution in [0.15, 0.2) is 200 Å². The number of nitrogens with zero attached hydrogens (tertiary/aromatic N) is 1. The maximum Gasteiger partial charge on any atom is 0.0540 e. The van der Waals surface area contributed by atoms with Crippen LogP contribution in [0, 0.1) is 0 Å². The normalized spacial score (nSPS) is 12.6. The second-order valence-electron chi connectivity index (χ2n) is 14.2. The quantitative estimate of drug-likeness (QED) is 0.164. The number of fused-ring (bicyclic) bond motifs is 3. The zero-order chi connectivity index (χ0) is 35.1. The SMILES string of the molecule is CC1(C)c2ccccc2-c2ccc(N(c3ccccc3-c3ccc(-c4ccccc4)cc3)c3ccccc3-c3cccc(-c4ccccc4)c3)cc21. The molecule has 0 bridgehead atoms. The third-order valence-corrected chi connectivity index (χ3v) is 10.7. The molecule has 0 N–H and O–H groups in total. The van der Waals surface area contributed by atoms with Gasteiger partial charge in [-0.25, -0.2) is 0 Å². The summed E-state index contributed by atoms with van der Waals surface area (Å²) in [7, 11) is 0. The van der Waals surface area contributed by atoms with E-state index in [0.29, 0.717) is 0 Å². The van der Waals surface area contributed by atoms with Gasteiger partial charge in [-0.3, -0.25) is 0 Å². The van der Waals surface area contributed by atoms with Gasteiger partial charge >= 0.3 is 0 Å². The summed E-state index contributed by atoms with van der Waals surface area (Å²) in [5, 5.41) is 0. The molecule has 0 atom stereocenters. The average Bonchev–Trinajstić information content (AvgIpc) is 3.44. The standard InChI is InChI=1S/C51H39N/c1-51(2)47-25-12-9-24-45(47)46-33-32-42(35-48(46)51)52(49-26-13-10-22-43(49)39-30-28-38(29-31-39)36-16-5-3-6-17-36)50-27-14-11-23-44(50)41-21-15-20-40(34-41)37-18-7-4-8-19-37/h3-35H,1-2H3. The molecular formula is C51H39N.